The first-order valence-electron chi connectivity index (χ1n) is 13.5. The molecule has 7 nitrogen and oxygen atoms in total. The summed E-state index contributed by atoms with van der Waals surface area (Å²) in [5.41, 5.74) is 4.79. The van der Waals surface area contributed by atoms with E-state index in [1.54, 1.807) is 0 Å². The van der Waals surface area contributed by atoms with E-state index in [9.17, 15) is 9.59 Å². The third kappa shape index (κ3) is 5.15. The molecule has 0 aliphatic carbocycles. The molecule has 196 valence electrons. The monoisotopic (exact) mass is 502 g/mol. The SMILES string of the molecule is Cc1[nH]c2ccccc2c1C1c2ccccc2C(=O)N1C(CC(C)C)C(=O)NCCCN1CCOCC1. The number of carbonyl (C=O) groups is 2. The predicted octanol–water partition coefficient (Wildman–Crippen LogP) is 4.27. The van der Waals surface area contributed by atoms with Crippen LogP contribution >= 0.6 is 0 Å². The van der Waals surface area contributed by atoms with Gasteiger partial charge in [0.15, 0.2) is 0 Å². The van der Waals surface area contributed by atoms with Gasteiger partial charge in [-0.05, 0) is 49.9 Å². The average molecular weight is 503 g/mol. The number of aromatic amines is 1. The molecule has 2 aliphatic rings. The number of rotatable bonds is 9. The van der Waals surface area contributed by atoms with E-state index in [1.807, 2.05) is 41.3 Å². The molecule has 2 N–H and O–H groups in total. The molecule has 0 saturated carbocycles. The number of fused-ring (bicyclic) bond motifs is 2. The van der Waals surface area contributed by atoms with Gasteiger partial charge in [0.2, 0.25) is 5.91 Å². The quantitative estimate of drug-likeness (QED) is 0.429. The number of benzene rings is 2. The zero-order valence-corrected chi connectivity index (χ0v) is 22.1. The van der Waals surface area contributed by atoms with Crippen molar-refractivity contribution in [1.82, 2.24) is 20.1 Å². The molecule has 2 aromatic carbocycles. The van der Waals surface area contributed by atoms with Crippen LogP contribution in [0.3, 0.4) is 0 Å². The van der Waals surface area contributed by atoms with Gasteiger partial charge in [-0.15, -0.1) is 0 Å². The molecule has 2 aliphatic heterocycles. The molecule has 0 radical (unpaired) electrons. The molecular weight excluding hydrogens is 464 g/mol. The van der Waals surface area contributed by atoms with Crippen LogP contribution in [-0.2, 0) is 9.53 Å². The van der Waals surface area contributed by atoms with Crippen molar-refractivity contribution < 1.29 is 14.3 Å². The molecule has 37 heavy (non-hydrogen) atoms. The summed E-state index contributed by atoms with van der Waals surface area (Å²) in [6, 6.07) is 15.1. The molecule has 3 aromatic rings. The number of morpholine rings is 1. The minimum absolute atomic E-state index is 0.0700. The zero-order chi connectivity index (χ0) is 25.9. The van der Waals surface area contributed by atoms with Crippen LogP contribution < -0.4 is 5.32 Å². The fourth-order valence-electron chi connectivity index (χ4n) is 5.85. The zero-order valence-electron chi connectivity index (χ0n) is 22.1. The van der Waals surface area contributed by atoms with E-state index in [-0.39, 0.29) is 23.8 Å². The van der Waals surface area contributed by atoms with E-state index >= 15 is 0 Å². The summed E-state index contributed by atoms with van der Waals surface area (Å²) < 4.78 is 5.43. The number of amides is 2. The number of aryl methyl sites for hydroxylation is 1. The van der Waals surface area contributed by atoms with Crippen LogP contribution in [0.15, 0.2) is 48.5 Å². The molecule has 2 atom stereocenters. The number of nitrogens with zero attached hydrogens (tertiary/aromatic N) is 2. The maximum atomic E-state index is 13.9. The lowest BCUT2D eigenvalue weighted by atomic mass is 9.93. The maximum Gasteiger partial charge on any atom is 0.255 e. The smallest absolute Gasteiger partial charge is 0.255 e. The normalized spacial score (nSPS) is 19.0. The van der Waals surface area contributed by atoms with Gasteiger partial charge in [0, 0.05) is 47.4 Å². The lowest BCUT2D eigenvalue weighted by Crippen LogP contribution is -2.50. The maximum absolute atomic E-state index is 13.9. The third-order valence-corrected chi connectivity index (χ3v) is 7.60. The largest absolute Gasteiger partial charge is 0.379 e. The molecule has 1 aromatic heterocycles. The van der Waals surface area contributed by atoms with Gasteiger partial charge in [0.25, 0.3) is 5.91 Å². The number of nitrogens with one attached hydrogen (secondary N) is 2. The van der Waals surface area contributed by atoms with Crippen molar-refractivity contribution in [2.75, 3.05) is 39.4 Å². The van der Waals surface area contributed by atoms with Crippen LogP contribution in [0.4, 0.5) is 0 Å². The second-order valence-electron chi connectivity index (χ2n) is 10.7. The second-order valence-corrected chi connectivity index (χ2v) is 10.7. The van der Waals surface area contributed by atoms with Gasteiger partial charge in [0.05, 0.1) is 19.3 Å². The summed E-state index contributed by atoms with van der Waals surface area (Å²) in [6.45, 7) is 11.2. The van der Waals surface area contributed by atoms with Crippen LogP contribution in [0.5, 0.6) is 0 Å². The number of aromatic nitrogens is 1. The van der Waals surface area contributed by atoms with E-state index in [0.29, 0.717) is 18.5 Å². The highest BCUT2D eigenvalue weighted by Crippen LogP contribution is 2.44. The first-order chi connectivity index (χ1) is 18.0. The van der Waals surface area contributed by atoms with Crippen LogP contribution in [-0.4, -0.2) is 72.0 Å². The number of ether oxygens (including phenoxy) is 1. The molecule has 5 rings (SSSR count). The molecule has 2 amide bonds. The Bertz CT molecular complexity index is 1260. The van der Waals surface area contributed by atoms with Gasteiger partial charge in [-0.1, -0.05) is 50.2 Å². The molecule has 0 spiro atoms. The Labute approximate surface area is 219 Å². The Morgan fingerprint density at radius 2 is 1.84 bits per heavy atom. The summed E-state index contributed by atoms with van der Waals surface area (Å²) in [7, 11) is 0. The van der Waals surface area contributed by atoms with Crippen LogP contribution in [0, 0.1) is 12.8 Å². The summed E-state index contributed by atoms with van der Waals surface area (Å²) in [4.78, 5) is 35.4. The number of H-pyrrole nitrogens is 1. The Balaban J connectivity index is 1.44. The Kier molecular flexibility index (Phi) is 7.63. The van der Waals surface area contributed by atoms with Crippen molar-refractivity contribution in [3.05, 3.63) is 70.9 Å². The van der Waals surface area contributed by atoms with Crippen molar-refractivity contribution in [1.29, 1.82) is 0 Å². The minimum Gasteiger partial charge on any atom is -0.379 e. The number of para-hydroxylation sites is 1. The number of hydrogen-bond donors (Lipinski definition) is 2. The predicted molar refractivity (Wildman–Crippen MR) is 146 cm³/mol. The average Bonchev–Trinajstić information content (AvgIpc) is 3.38. The Hall–Kier alpha value is -3.16. The molecule has 1 saturated heterocycles. The van der Waals surface area contributed by atoms with Crippen LogP contribution in [0.25, 0.3) is 10.9 Å². The molecule has 7 heteroatoms. The third-order valence-electron chi connectivity index (χ3n) is 7.60. The second kappa shape index (κ2) is 11.1. The van der Waals surface area contributed by atoms with Gasteiger partial charge in [-0.3, -0.25) is 14.5 Å². The highest BCUT2D eigenvalue weighted by atomic mass is 16.5. The highest BCUT2D eigenvalue weighted by molar-refractivity contribution is 6.03. The minimum atomic E-state index is -0.554. The standard InChI is InChI=1S/C30H38N4O3/c1-20(2)19-26(29(35)31-13-8-14-33-15-17-37-18-16-33)34-28(22-9-4-5-10-23(22)30(34)36)27-21(3)32-25-12-7-6-11-24(25)27/h4-7,9-12,20,26,28,32H,8,13-19H2,1-3H3,(H,31,35). The van der Waals surface area contributed by atoms with Crippen molar-refractivity contribution in [2.24, 2.45) is 5.92 Å². The van der Waals surface area contributed by atoms with Gasteiger partial charge in [0.1, 0.15) is 6.04 Å². The lowest BCUT2D eigenvalue weighted by molar-refractivity contribution is -0.126. The first-order valence-corrected chi connectivity index (χ1v) is 13.5. The summed E-state index contributed by atoms with van der Waals surface area (Å²) in [5.74, 6) is 0.115. The molecule has 2 unspecified atom stereocenters. The van der Waals surface area contributed by atoms with Crippen molar-refractivity contribution in [2.45, 2.75) is 45.7 Å². The molecule has 0 bridgehead atoms. The van der Waals surface area contributed by atoms with E-state index in [0.717, 1.165) is 67.0 Å². The van der Waals surface area contributed by atoms with E-state index in [1.165, 1.54) is 0 Å². The summed E-state index contributed by atoms with van der Waals surface area (Å²) in [5, 5.41) is 4.26. The van der Waals surface area contributed by atoms with Crippen LogP contribution in [0.2, 0.25) is 0 Å². The molecular formula is C30H38N4O3. The number of hydrogen-bond acceptors (Lipinski definition) is 4. The Morgan fingerprint density at radius 3 is 2.62 bits per heavy atom. The highest BCUT2D eigenvalue weighted by Gasteiger charge is 2.45. The first kappa shape index (κ1) is 25.5. The van der Waals surface area contributed by atoms with E-state index in [4.69, 9.17) is 4.74 Å². The summed E-state index contributed by atoms with van der Waals surface area (Å²) >= 11 is 0. The lowest BCUT2D eigenvalue weighted by Gasteiger charge is -2.34. The van der Waals surface area contributed by atoms with Crippen molar-refractivity contribution in [3.63, 3.8) is 0 Å². The van der Waals surface area contributed by atoms with Gasteiger partial charge in [-0.25, -0.2) is 0 Å². The van der Waals surface area contributed by atoms with Gasteiger partial charge >= 0.3 is 0 Å². The van der Waals surface area contributed by atoms with E-state index < -0.39 is 6.04 Å². The molecule has 3 heterocycles. The summed E-state index contributed by atoms with van der Waals surface area (Å²) in [6.07, 6.45) is 1.48. The van der Waals surface area contributed by atoms with Crippen LogP contribution in [0.1, 0.15) is 59.9 Å². The topological polar surface area (TPSA) is 77.7 Å². The molecule has 1 fully saturated rings. The Morgan fingerprint density at radius 1 is 1.11 bits per heavy atom. The number of carbonyl (C=O) groups excluding carboxylic acids is 2. The van der Waals surface area contributed by atoms with Crippen molar-refractivity contribution in [3.8, 4) is 0 Å². The van der Waals surface area contributed by atoms with Gasteiger partial charge in [-0.2, -0.15) is 0 Å². The fraction of sp³-hybridized carbons (Fsp3) is 0.467. The fourth-order valence-corrected chi connectivity index (χ4v) is 5.85. The van der Waals surface area contributed by atoms with Gasteiger partial charge < -0.3 is 19.9 Å². The van der Waals surface area contributed by atoms with Crippen molar-refractivity contribution >= 4 is 22.7 Å². The van der Waals surface area contributed by atoms with E-state index in [2.05, 4.69) is 48.1 Å².